The number of carbonyl (C=O) groups is 2. The summed E-state index contributed by atoms with van der Waals surface area (Å²) in [6.07, 6.45) is -0.536. The predicted molar refractivity (Wildman–Crippen MR) is 90.5 cm³/mol. The highest BCUT2D eigenvalue weighted by Crippen LogP contribution is 2.43. The Hall–Kier alpha value is -0.843. The Morgan fingerprint density at radius 3 is 1.76 bits per heavy atom. The van der Waals surface area contributed by atoms with E-state index in [0.717, 1.165) is 0 Å². The molecule has 124 valence electrons. The zero-order valence-corrected chi connectivity index (χ0v) is 16.4. The molecule has 4 nitrogen and oxygen atoms in total. The highest BCUT2D eigenvalue weighted by Gasteiger charge is 2.44. The van der Waals surface area contributed by atoms with Gasteiger partial charge in [-0.2, -0.15) is 0 Å². The van der Waals surface area contributed by atoms with E-state index in [1.165, 1.54) is 0 Å². The van der Waals surface area contributed by atoms with Crippen LogP contribution >= 0.6 is 0 Å². The Kier molecular flexibility index (Phi) is 6.24. The average molecular weight is 316 g/mol. The Morgan fingerprint density at radius 1 is 1.00 bits per heavy atom. The SMILES string of the molecule is C[C@H](NC(=O)OC(C)(C)C)C(=O)[C@@H](C)[Si](C)(C)C(C)(C)C. The van der Waals surface area contributed by atoms with Crippen molar-refractivity contribution in [1.82, 2.24) is 5.32 Å². The molecule has 2 atom stereocenters. The first-order valence-corrected chi connectivity index (χ1v) is 10.7. The fraction of sp³-hybridized carbons (Fsp3) is 0.875. The van der Waals surface area contributed by atoms with Crippen LogP contribution in [0.2, 0.25) is 23.7 Å². The minimum atomic E-state index is -1.77. The van der Waals surface area contributed by atoms with Gasteiger partial charge >= 0.3 is 6.09 Å². The molecule has 0 rings (SSSR count). The maximum absolute atomic E-state index is 12.6. The van der Waals surface area contributed by atoms with Crippen molar-refractivity contribution in [2.75, 3.05) is 0 Å². The normalized spacial score (nSPS) is 16.1. The lowest BCUT2D eigenvalue weighted by Gasteiger charge is -2.41. The van der Waals surface area contributed by atoms with Crippen molar-refractivity contribution in [1.29, 1.82) is 0 Å². The van der Waals surface area contributed by atoms with Gasteiger partial charge in [0.05, 0.1) is 14.1 Å². The van der Waals surface area contributed by atoms with Crippen LogP contribution in [-0.4, -0.2) is 31.6 Å². The van der Waals surface area contributed by atoms with E-state index < -0.39 is 25.8 Å². The molecule has 0 unspecified atom stereocenters. The van der Waals surface area contributed by atoms with E-state index in [-0.39, 0.29) is 16.4 Å². The highest BCUT2D eigenvalue weighted by atomic mass is 28.3. The summed E-state index contributed by atoms with van der Waals surface area (Å²) < 4.78 is 5.20. The van der Waals surface area contributed by atoms with Crippen LogP contribution in [0.1, 0.15) is 55.4 Å². The van der Waals surface area contributed by atoms with E-state index >= 15 is 0 Å². The molecule has 1 N–H and O–H groups in total. The molecule has 5 heteroatoms. The molecule has 0 saturated heterocycles. The van der Waals surface area contributed by atoms with Crippen molar-refractivity contribution in [3.8, 4) is 0 Å². The molecule has 0 aromatic carbocycles. The third-order valence-corrected chi connectivity index (χ3v) is 10.9. The number of Topliss-reactive ketones (excluding diaryl/α,β-unsaturated/α-hetero) is 1. The maximum Gasteiger partial charge on any atom is 0.408 e. The molecule has 0 saturated carbocycles. The Morgan fingerprint density at radius 2 is 1.43 bits per heavy atom. The van der Waals surface area contributed by atoms with Crippen molar-refractivity contribution in [2.45, 2.75) is 90.7 Å². The number of rotatable bonds is 4. The molecule has 0 aromatic rings. The number of amides is 1. The van der Waals surface area contributed by atoms with Crippen LogP contribution in [-0.2, 0) is 9.53 Å². The predicted octanol–water partition coefficient (Wildman–Crippen LogP) is 4.37. The summed E-state index contributed by atoms with van der Waals surface area (Å²) in [6.45, 7) is 20.2. The minimum absolute atomic E-state index is 0.0255. The number of hydrogen-bond acceptors (Lipinski definition) is 3. The van der Waals surface area contributed by atoms with Crippen LogP contribution < -0.4 is 5.32 Å². The quantitative estimate of drug-likeness (QED) is 0.784. The van der Waals surface area contributed by atoms with Gasteiger partial charge < -0.3 is 10.1 Å². The van der Waals surface area contributed by atoms with E-state index in [1.807, 2.05) is 6.92 Å². The topological polar surface area (TPSA) is 55.4 Å². The van der Waals surface area contributed by atoms with E-state index in [1.54, 1.807) is 27.7 Å². The Balaban J connectivity index is 4.83. The number of alkyl carbamates (subject to hydrolysis) is 1. The summed E-state index contributed by atoms with van der Waals surface area (Å²) >= 11 is 0. The number of ketones is 1. The fourth-order valence-electron chi connectivity index (χ4n) is 1.94. The summed E-state index contributed by atoms with van der Waals surface area (Å²) in [7, 11) is -1.77. The lowest BCUT2D eigenvalue weighted by molar-refractivity contribution is -0.120. The Bertz CT molecular complexity index is 391. The Labute approximate surface area is 131 Å². The van der Waals surface area contributed by atoms with Crippen molar-refractivity contribution >= 4 is 20.0 Å². The zero-order chi connectivity index (χ0) is 17.2. The lowest BCUT2D eigenvalue weighted by Crippen LogP contribution is -2.50. The summed E-state index contributed by atoms with van der Waals surface area (Å²) in [5, 5.41) is 2.78. The smallest absolute Gasteiger partial charge is 0.408 e. The summed E-state index contributed by atoms with van der Waals surface area (Å²) in [5.41, 5.74) is -0.583. The van der Waals surface area contributed by atoms with Gasteiger partial charge in [0, 0.05) is 5.54 Å². The van der Waals surface area contributed by atoms with Gasteiger partial charge in [-0.05, 0) is 32.7 Å². The highest BCUT2D eigenvalue weighted by molar-refractivity contribution is 6.84. The van der Waals surface area contributed by atoms with Crippen molar-refractivity contribution in [2.24, 2.45) is 0 Å². The maximum atomic E-state index is 12.6. The molecule has 0 fully saturated rings. The molecule has 21 heavy (non-hydrogen) atoms. The molecule has 0 radical (unpaired) electrons. The van der Waals surface area contributed by atoms with Gasteiger partial charge in [-0.1, -0.05) is 40.8 Å². The van der Waals surface area contributed by atoms with Gasteiger partial charge in [-0.3, -0.25) is 4.79 Å². The number of nitrogens with one attached hydrogen (secondary N) is 1. The van der Waals surface area contributed by atoms with Crippen LogP contribution in [0.5, 0.6) is 0 Å². The second-order valence-corrected chi connectivity index (χ2v) is 14.3. The van der Waals surface area contributed by atoms with Gasteiger partial charge in [-0.25, -0.2) is 4.79 Å². The molecule has 0 spiro atoms. The van der Waals surface area contributed by atoms with Crippen molar-refractivity contribution in [3.63, 3.8) is 0 Å². The van der Waals surface area contributed by atoms with E-state index in [2.05, 4.69) is 39.2 Å². The molecular weight excluding hydrogens is 282 g/mol. The van der Waals surface area contributed by atoms with Gasteiger partial charge in [0.1, 0.15) is 5.60 Å². The number of carbonyl (C=O) groups excluding carboxylic acids is 2. The second-order valence-electron chi connectivity index (χ2n) is 8.46. The van der Waals surface area contributed by atoms with Crippen molar-refractivity contribution < 1.29 is 14.3 Å². The van der Waals surface area contributed by atoms with Crippen LogP contribution in [0.15, 0.2) is 0 Å². The minimum Gasteiger partial charge on any atom is -0.444 e. The first-order chi connectivity index (χ1) is 9.09. The van der Waals surface area contributed by atoms with Crippen LogP contribution in [0.25, 0.3) is 0 Å². The molecule has 0 aliphatic rings. The molecule has 0 aliphatic carbocycles. The van der Waals surface area contributed by atoms with Crippen LogP contribution in [0.4, 0.5) is 4.79 Å². The largest absolute Gasteiger partial charge is 0.444 e. The van der Waals surface area contributed by atoms with Crippen LogP contribution in [0.3, 0.4) is 0 Å². The van der Waals surface area contributed by atoms with Gasteiger partial charge in [0.25, 0.3) is 0 Å². The number of ether oxygens (including phenoxy) is 1. The third kappa shape index (κ3) is 5.81. The van der Waals surface area contributed by atoms with Gasteiger partial charge in [0.2, 0.25) is 0 Å². The van der Waals surface area contributed by atoms with Crippen LogP contribution in [0, 0.1) is 0 Å². The first kappa shape index (κ1) is 20.2. The van der Waals surface area contributed by atoms with Gasteiger partial charge in [0.15, 0.2) is 5.78 Å². The molecule has 1 amide bonds. The van der Waals surface area contributed by atoms with E-state index in [4.69, 9.17) is 4.74 Å². The molecule has 0 heterocycles. The summed E-state index contributed by atoms with van der Waals surface area (Å²) in [4.78, 5) is 24.4. The monoisotopic (exact) mass is 315 g/mol. The van der Waals surface area contributed by atoms with E-state index in [9.17, 15) is 9.59 Å². The summed E-state index contributed by atoms with van der Waals surface area (Å²) in [6, 6.07) is -0.524. The zero-order valence-electron chi connectivity index (χ0n) is 15.4. The molecule has 0 aliphatic heterocycles. The standard InChI is InChI=1S/C16H33NO3Si/c1-11(17-14(19)20-15(3,4)5)13(18)12(2)21(9,10)16(6,7)8/h11-12H,1-10H3,(H,17,19)/t11-,12+/m0/s1. The fourth-order valence-corrected chi connectivity index (χ4v) is 4.20. The second kappa shape index (κ2) is 6.51. The average Bonchev–Trinajstić information content (AvgIpc) is 2.22. The van der Waals surface area contributed by atoms with Crippen molar-refractivity contribution in [3.05, 3.63) is 0 Å². The molecular formula is C16H33NO3Si. The van der Waals surface area contributed by atoms with E-state index in [0.29, 0.717) is 0 Å². The summed E-state index contributed by atoms with van der Waals surface area (Å²) in [5.74, 6) is 0.0902. The lowest BCUT2D eigenvalue weighted by atomic mass is 10.1. The van der Waals surface area contributed by atoms with Gasteiger partial charge in [-0.15, -0.1) is 0 Å². The number of hydrogen-bond donors (Lipinski definition) is 1. The molecule has 0 bridgehead atoms. The third-order valence-electron chi connectivity index (χ3n) is 4.60. The first-order valence-electron chi connectivity index (χ1n) is 7.63. The molecule has 0 aromatic heterocycles.